The van der Waals surface area contributed by atoms with E-state index in [2.05, 4.69) is 32.1 Å². The first-order valence-electron chi connectivity index (χ1n) is 4.41. The normalized spacial score (nSPS) is 10.6. The highest BCUT2D eigenvalue weighted by atomic mass is 16.7. The number of carbonyl (C=O) groups excluding carboxylic acids is 3. The molecule has 0 aromatic carbocycles. The standard InChI is InChI=1S/C10H12O7/c1-4-15-8(11)6-7(9(12)16-5-2)17-10(13)14-3/h4-5,7H,1-2,6H2,3H3. The molecule has 0 amide bonds. The second-order valence-corrected chi connectivity index (χ2v) is 2.52. The summed E-state index contributed by atoms with van der Waals surface area (Å²) in [4.78, 5) is 33.2. The smallest absolute Gasteiger partial charge is 0.438 e. The van der Waals surface area contributed by atoms with Gasteiger partial charge in [0.1, 0.15) is 0 Å². The third kappa shape index (κ3) is 5.98. The minimum absolute atomic E-state index is 0.520. The van der Waals surface area contributed by atoms with Gasteiger partial charge in [-0.3, -0.25) is 4.79 Å². The van der Waals surface area contributed by atoms with Crippen LogP contribution in [0.2, 0.25) is 0 Å². The van der Waals surface area contributed by atoms with Gasteiger partial charge in [0.15, 0.2) is 0 Å². The zero-order valence-electron chi connectivity index (χ0n) is 9.21. The zero-order valence-corrected chi connectivity index (χ0v) is 9.21. The van der Waals surface area contributed by atoms with Gasteiger partial charge in [-0.25, -0.2) is 9.59 Å². The van der Waals surface area contributed by atoms with Gasteiger partial charge in [0.05, 0.1) is 26.1 Å². The summed E-state index contributed by atoms with van der Waals surface area (Å²) in [6.07, 6.45) is -1.38. The summed E-state index contributed by atoms with van der Waals surface area (Å²) >= 11 is 0. The van der Waals surface area contributed by atoms with Crippen molar-refractivity contribution in [3.63, 3.8) is 0 Å². The first-order chi connectivity index (χ1) is 8.04. The van der Waals surface area contributed by atoms with Gasteiger partial charge >= 0.3 is 18.1 Å². The van der Waals surface area contributed by atoms with Crippen molar-refractivity contribution in [1.29, 1.82) is 0 Å². The molecule has 94 valence electrons. The predicted molar refractivity (Wildman–Crippen MR) is 54.5 cm³/mol. The topological polar surface area (TPSA) is 88.1 Å². The third-order valence-corrected chi connectivity index (χ3v) is 1.43. The van der Waals surface area contributed by atoms with Crippen molar-refractivity contribution in [1.82, 2.24) is 0 Å². The molecule has 0 rings (SSSR count). The zero-order chi connectivity index (χ0) is 13.3. The maximum Gasteiger partial charge on any atom is 0.508 e. The van der Waals surface area contributed by atoms with E-state index in [9.17, 15) is 14.4 Å². The number of hydrogen-bond donors (Lipinski definition) is 0. The Hall–Kier alpha value is -2.31. The average Bonchev–Trinajstić information content (AvgIpc) is 2.28. The Bertz CT molecular complexity index is 321. The lowest BCUT2D eigenvalue weighted by atomic mass is 10.2. The van der Waals surface area contributed by atoms with Crippen LogP contribution in [-0.2, 0) is 28.5 Å². The molecular weight excluding hydrogens is 232 g/mol. The maximum absolute atomic E-state index is 11.3. The molecule has 0 aliphatic carbocycles. The van der Waals surface area contributed by atoms with E-state index in [0.717, 1.165) is 19.6 Å². The van der Waals surface area contributed by atoms with Gasteiger partial charge in [-0.1, -0.05) is 13.2 Å². The van der Waals surface area contributed by atoms with E-state index in [1.807, 2.05) is 0 Å². The molecule has 0 aliphatic heterocycles. The van der Waals surface area contributed by atoms with Gasteiger partial charge in [0.25, 0.3) is 0 Å². The monoisotopic (exact) mass is 244 g/mol. The number of methoxy groups -OCH3 is 1. The van der Waals surface area contributed by atoms with Crippen LogP contribution in [0.3, 0.4) is 0 Å². The van der Waals surface area contributed by atoms with E-state index in [0.29, 0.717) is 0 Å². The fraction of sp³-hybridized carbons (Fsp3) is 0.300. The molecular formula is C10H12O7. The quantitative estimate of drug-likeness (QED) is 0.389. The van der Waals surface area contributed by atoms with Gasteiger partial charge in [0, 0.05) is 0 Å². The van der Waals surface area contributed by atoms with Crippen molar-refractivity contribution in [2.45, 2.75) is 12.5 Å². The Morgan fingerprint density at radius 3 is 2.24 bits per heavy atom. The summed E-state index contributed by atoms with van der Waals surface area (Å²) in [7, 11) is 1.06. The molecule has 1 atom stereocenters. The van der Waals surface area contributed by atoms with Gasteiger partial charge in [-0.2, -0.15) is 0 Å². The van der Waals surface area contributed by atoms with E-state index in [4.69, 9.17) is 0 Å². The molecule has 0 bridgehead atoms. The molecule has 7 heteroatoms. The van der Waals surface area contributed by atoms with E-state index in [1.54, 1.807) is 0 Å². The first kappa shape index (κ1) is 14.7. The lowest BCUT2D eigenvalue weighted by Gasteiger charge is -2.13. The predicted octanol–water partition coefficient (Wildman–Crippen LogP) is 0.901. The fourth-order valence-electron chi connectivity index (χ4n) is 0.788. The van der Waals surface area contributed by atoms with Crippen LogP contribution in [0.25, 0.3) is 0 Å². The van der Waals surface area contributed by atoms with Crippen LogP contribution in [0.4, 0.5) is 4.79 Å². The molecule has 0 saturated heterocycles. The number of esters is 2. The molecule has 0 fully saturated rings. The first-order valence-corrected chi connectivity index (χ1v) is 4.41. The SMILES string of the molecule is C=COC(=O)CC(OC(=O)OC)C(=O)OC=C. The van der Waals surface area contributed by atoms with Crippen molar-refractivity contribution in [3.8, 4) is 0 Å². The molecule has 0 saturated carbocycles. The van der Waals surface area contributed by atoms with Crippen molar-refractivity contribution >= 4 is 18.1 Å². The lowest BCUT2D eigenvalue weighted by Crippen LogP contribution is -2.31. The highest BCUT2D eigenvalue weighted by Crippen LogP contribution is 2.05. The molecule has 17 heavy (non-hydrogen) atoms. The molecule has 0 N–H and O–H groups in total. The van der Waals surface area contributed by atoms with Crippen LogP contribution in [0.15, 0.2) is 25.7 Å². The summed E-state index contributed by atoms with van der Waals surface area (Å²) in [5, 5.41) is 0. The second-order valence-electron chi connectivity index (χ2n) is 2.52. The molecule has 0 spiro atoms. The maximum atomic E-state index is 11.3. The summed E-state index contributed by atoms with van der Waals surface area (Å²) in [6, 6.07) is 0. The van der Waals surface area contributed by atoms with Crippen LogP contribution >= 0.6 is 0 Å². The Morgan fingerprint density at radius 2 is 1.76 bits per heavy atom. The van der Waals surface area contributed by atoms with E-state index in [1.165, 1.54) is 0 Å². The number of hydrogen-bond acceptors (Lipinski definition) is 7. The van der Waals surface area contributed by atoms with Gasteiger partial charge in [-0.05, 0) is 0 Å². The van der Waals surface area contributed by atoms with Crippen molar-refractivity contribution in [2.24, 2.45) is 0 Å². The van der Waals surface area contributed by atoms with Gasteiger partial charge in [-0.15, -0.1) is 0 Å². The highest BCUT2D eigenvalue weighted by Gasteiger charge is 2.28. The molecule has 0 aromatic heterocycles. The van der Waals surface area contributed by atoms with Crippen molar-refractivity contribution < 1.29 is 33.3 Å². The Morgan fingerprint density at radius 1 is 1.18 bits per heavy atom. The lowest BCUT2D eigenvalue weighted by molar-refractivity contribution is -0.155. The molecule has 0 heterocycles. The molecule has 7 nitrogen and oxygen atoms in total. The number of ether oxygens (including phenoxy) is 4. The minimum Gasteiger partial charge on any atom is -0.438 e. The molecule has 0 radical (unpaired) electrons. The summed E-state index contributed by atoms with van der Waals surface area (Å²) in [5.41, 5.74) is 0. The van der Waals surface area contributed by atoms with Gasteiger partial charge in [0.2, 0.25) is 6.10 Å². The Labute approximate surface area is 97.6 Å². The fourth-order valence-corrected chi connectivity index (χ4v) is 0.788. The van der Waals surface area contributed by atoms with Crippen molar-refractivity contribution in [3.05, 3.63) is 25.7 Å². The second kappa shape index (κ2) is 7.91. The van der Waals surface area contributed by atoms with E-state index in [-0.39, 0.29) is 0 Å². The largest absolute Gasteiger partial charge is 0.508 e. The number of carbonyl (C=O) groups is 3. The van der Waals surface area contributed by atoms with E-state index < -0.39 is 30.6 Å². The summed E-state index contributed by atoms with van der Waals surface area (Å²) in [5.74, 6) is -1.78. The van der Waals surface area contributed by atoms with Crippen molar-refractivity contribution in [2.75, 3.05) is 7.11 Å². The molecule has 0 aliphatic rings. The van der Waals surface area contributed by atoms with Gasteiger partial charge < -0.3 is 18.9 Å². The van der Waals surface area contributed by atoms with Crippen LogP contribution in [0, 0.1) is 0 Å². The average molecular weight is 244 g/mol. The van der Waals surface area contributed by atoms with Crippen LogP contribution in [0.1, 0.15) is 6.42 Å². The number of rotatable bonds is 6. The summed E-state index contributed by atoms with van der Waals surface area (Å²) < 4.78 is 17.5. The third-order valence-electron chi connectivity index (χ3n) is 1.43. The van der Waals surface area contributed by atoms with E-state index >= 15 is 0 Å². The molecule has 0 aromatic rings. The Kier molecular flexibility index (Phi) is 6.84. The highest BCUT2D eigenvalue weighted by molar-refractivity contribution is 5.84. The van der Waals surface area contributed by atoms with Crippen LogP contribution in [0.5, 0.6) is 0 Å². The summed E-state index contributed by atoms with van der Waals surface area (Å²) in [6.45, 7) is 6.31. The van der Waals surface area contributed by atoms with Crippen LogP contribution in [-0.4, -0.2) is 31.3 Å². The molecule has 1 unspecified atom stereocenters. The minimum atomic E-state index is -1.46. The van der Waals surface area contributed by atoms with Crippen LogP contribution < -0.4 is 0 Å². The Balaban J connectivity index is 4.54.